The molecule has 0 radical (unpaired) electrons. The Kier molecular flexibility index (Phi) is 4.93. The molecule has 21 heavy (non-hydrogen) atoms. The maximum absolute atomic E-state index is 12.1. The van der Waals surface area contributed by atoms with Crippen LogP contribution in [0.25, 0.3) is 0 Å². The fourth-order valence-corrected chi connectivity index (χ4v) is 3.89. The lowest BCUT2D eigenvalue weighted by molar-refractivity contribution is 0.0215. The second kappa shape index (κ2) is 6.36. The summed E-state index contributed by atoms with van der Waals surface area (Å²) >= 11 is 3.26. The van der Waals surface area contributed by atoms with Crippen LogP contribution in [0.2, 0.25) is 0 Å². The van der Waals surface area contributed by atoms with E-state index >= 15 is 0 Å². The minimum Gasteiger partial charge on any atom is -0.459 e. The molecule has 0 bridgehead atoms. The summed E-state index contributed by atoms with van der Waals surface area (Å²) in [7, 11) is -3.09. The lowest BCUT2D eigenvalue weighted by Gasteiger charge is -2.27. The number of esters is 1. The van der Waals surface area contributed by atoms with Gasteiger partial charge in [0.15, 0.2) is 0 Å². The van der Waals surface area contributed by atoms with Gasteiger partial charge in [0.2, 0.25) is 0 Å². The van der Waals surface area contributed by atoms with Crippen LogP contribution in [-0.4, -0.2) is 32.0 Å². The molecule has 7 heteroatoms. The van der Waals surface area contributed by atoms with Gasteiger partial charge in [-0.15, -0.1) is 0 Å². The van der Waals surface area contributed by atoms with E-state index < -0.39 is 21.1 Å². The Balaban J connectivity index is 2.03. The third kappa shape index (κ3) is 4.20. The van der Waals surface area contributed by atoms with Crippen molar-refractivity contribution in [3.8, 4) is 0 Å². The number of sulfone groups is 1. The molecule has 0 aliphatic heterocycles. The Morgan fingerprint density at radius 2 is 2.10 bits per heavy atom. The number of benzene rings is 1. The van der Waals surface area contributed by atoms with E-state index in [1.54, 1.807) is 18.2 Å². The first-order valence-corrected chi connectivity index (χ1v) is 9.47. The predicted octanol–water partition coefficient (Wildman–Crippen LogP) is 2.54. The predicted molar refractivity (Wildman–Crippen MR) is 84.9 cm³/mol. The van der Waals surface area contributed by atoms with Gasteiger partial charge in [-0.1, -0.05) is 0 Å². The fraction of sp³-hybridized carbons (Fsp3) is 0.500. The number of ether oxygens (including phenoxy) is 1. The second-order valence-electron chi connectivity index (χ2n) is 5.38. The topological polar surface area (TPSA) is 86.5 Å². The van der Waals surface area contributed by atoms with E-state index in [-0.39, 0.29) is 6.10 Å². The number of nitrogens with two attached hydrogens (primary N) is 1. The van der Waals surface area contributed by atoms with Crippen molar-refractivity contribution in [1.82, 2.24) is 0 Å². The molecule has 0 heterocycles. The summed E-state index contributed by atoms with van der Waals surface area (Å²) in [4.78, 5) is 12.1. The second-order valence-corrected chi connectivity index (χ2v) is 8.56. The molecule has 2 N–H and O–H groups in total. The molecule has 0 aromatic heterocycles. The Morgan fingerprint density at radius 3 is 2.71 bits per heavy atom. The van der Waals surface area contributed by atoms with Gasteiger partial charge in [-0.05, 0) is 53.4 Å². The number of anilines is 1. The molecule has 2 atom stereocenters. The molecule has 116 valence electrons. The Bertz CT molecular complexity index is 644. The van der Waals surface area contributed by atoms with Gasteiger partial charge in [0.05, 0.1) is 10.8 Å². The summed E-state index contributed by atoms with van der Waals surface area (Å²) in [6, 6.07) is 4.86. The van der Waals surface area contributed by atoms with Crippen LogP contribution in [0, 0.1) is 0 Å². The molecular weight excluding hydrogens is 358 g/mol. The number of hydrogen-bond donors (Lipinski definition) is 1. The van der Waals surface area contributed by atoms with Gasteiger partial charge in [0.25, 0.3) is 0 Å². The van der Waals surface area contributed by atoms with E-state index in [9.17, 15) is 13.2 Å². The van der Waals surface area contributed by atoms with Gasteiger partial charge in [-0.2, -0.15) is 0 Å². The minimum atomic E-state index is -3.09. The summed E-state index contributed by atoms with van der Waals surface area (Å²) in [5, 5.41) is -0.418. The summed E-state index contributed by atoms with van der Waals surface area (Å²) in [6.45, 7) is 0. The highest BCUT2D eigenvalue weighted by Crippen LogP contribution is 2.27. The van der Waals surface area contributed by atoms with Crippen molar-refractivity contribution in [2.75, 3.05) is 12.0 Å². The van der Waals surface area contributed by atoms with Gasteiger partial charge in [0.1, 0.15) is 15.9 Å². The van der Waals surface area contributed by atoms with Crippen LogP contribution in [0.1, 0.15) is 36.0 Å². The van der Waals surface area contributed by atoms with Crippen molar-refractivity contribution in [2.24, 2.45) is 0 Å². The highest BCUT2D eigenvalue weighted by Gasteiger charge is 2.31. The molecule has 1 aliphatic carbocycles. The molecule has 2 rings (SSSR count). The molecule has 1 aromatic carbocycles. The van der Waals surface area contributed by atoms with E-state index in [0.29, 0.717) is 35.0 Å². The largest absolute Gasteiger partial charge is 0.459 e. The van der Waals surface area contributed by atoms with Crippen LogP contribution in [0.15, 0.2) is 22.7 Å². The Morgan fingerprint density at radius 1 is 1.38 bits per heavy atom. The molecule has 2 unspecified atom stereocenters. The number of nitrogen functional groups attached to an aromatic ring is 1. The average Bonchev–Trinajstić information content (AvgIpc) is 2.41. The standard InChI is InChI=1S/C14H18BrNO4S/c1-21(18,19)11-4-2-3-10(8-11)20-14(17)9-5-6-12(15)13(16)7-9/h5-7,10-11H,2-4,8,16H2,1H3. The molecule has 1 aliphatic rings. The van der Waals surface area contributed by atoms with Crippen molar-refractivity contribution in [2.45, 2.75) is 37.0 Å². The van der Waals surface area contributed by atoms with Crippen molar-refractivity contribution < 1.29 is 17.9 Å². The smallest absolute Gasteiger partial charge is 0.338 e. The fourth-order valence-electron chi connectivity index (χ4n) is 2.49. The lowest BCUT2D eigenvalue weighted by atomic mass is 9.97. The lowest BCUT2D eigenvalue weighted by Crippen LogP contribution is -2.32. The van der Waals surface area contributed by atoms with Gasteiger partial charge in [-0.25, -0.2) is 13.2 Å². The van der Waals surface area contributed by atoms with Crippen LogP contribution < -0.4 is 5.73 Å². The molecule has 0 amide bonds. The summed E-state index contributed by atoms with van der Waals surface area (Å²) in [5.41, 5.74) is 6.57. The van der Waals surface area contributed by atoms with E-state index in [1.165, 1.54) is 6.26 Å². The number of carbonyl (C=O) groups is 1. The molecular formula is C14H18BrNO4S. The van der Waals surface area contributed by atoms with Gasteiger partial charge >= 0.3 is 5.97 Å². The molecule has 1 aromatic rings. The number of hydrogen-bond acceptors (Lipinski definition) is 5. The third-order valence-corrected chi connectivity index (χ3v) is 6.05. The molecule has 1 fully saturated rings. The number of rotatable bonds is 3. The zero-order valence-electron chi connectivity index (χ0n) is 11.7. The maximum atomic E-state index is 12.1. The van der Waals surface area contributed by atoms with Crippen molar-refractivity contribution in [1.29, 1.82) is 0 Å². The zero-order valence-corrected chi connectivity index (χ0v) is 14.1. The molecule has 5 nitrogen and oxygen atoms in total. The number of carbonyl (C=O) groups excluding carboxylic acids is 1. The van der Waals surface area contributed by atoms with E-state index in [0.717, 1.165) is 6.42 Å². The maximum Gasteiger partial charge on any atom is 0.338 e. The van der Waals surface area contributed by atoms with Crippen LogP contribution >= 0.6 is 15.9 Å². The Labute approximate surface area is 132 Å². The van der Waals surface area contributed by atoms with Gasteiger partial charge < -0.3 is 10.5 Å². The van der Waals surface area contributed by atoms with Crippen LogP contribution in [0.4, 0.5) is 5.69 Å². The van der Waals surface area contributed by atoms with Crippen LogP contribution in [0.3, 0.4) is 0 Å². The van der Waals surface area contributed by atoms with Gasteiger partial charge in [0, 0.05) is 22.8 Å². The van der Waals surface area contributed by atoms with E-state index in [4.69, 9.17) is 10.5 Å². The van der Waals surface area contributed by atoms with Crippen molar-refractivity contribution in [3.63, 3.8) is 0 Å². The van der Waals surface area contributed by atoms with Crippen LogP contribution in [0.5, 0.6) is 0 Å². The van der Waals surface area contributed by atoms with Gasteiger partial charge in [-0.3, -0.25) is 0 Å². The first kappa shape index (κ1) is 16.3. The third-order valence-electron chi connectivity index (χ3n) is 3.69. The molecule has 1 saturated carbocycles. The quantitative estimate of drug-likeness (QED) is 0.647. The minimum absolute atomic E-state index is 0.351. The molecule has 0 spiro atoms. The first-order valence-electron chi connectivity index (χ1n) is 6.72. The van der Waals surface area contributed by atoms with E-state index in [1.807, 2.05) is 0 Å². The van der Waals surface area contributed by atoms with Crippen molar-refractivity contribution in [3.05, 3.63) is 28.2 Å². The first-order chi connectivity index (χ1) is 9.77. The normalized spacial score (nSPS) is 22.8. The summed E-state index contributed by atoms with van der Waals surface area (Å²) < 4.78 is 29.4. The monoisotopic (exact) mass is 375 g/mol. The summed E-state index contributed by atoms with van der Waals surface area (Å²) in [5.74, 6) is -0.464. The number of halogens is 1. The highest BCUT2D eigenvalue weighted by molar-refractivity contribution is 9.10. The zero-order chi connectivity index (χ0) is 15.6. The highest BCUT2D eigenvalue weighted by atomic mass is 79.9. The average molecular weight is 376 g/mol. The molecule has 0 saturated heterocycles. The Hall–Kier alpha value is -1.08. The van der Waals surface area contributed by atoms with E-state index in [2.05, 4.69) is 15.9 Å². The van der Waals surface area contributed by atoms with Crippen LogP contribution in [-0.2, 0) is 14.6 Å². The SMILES string of the molecule is CS(=O)(=O)C1CCCC(OC(=O)c2ccc(Br)c(N)c2)C1. The summed E-state index contributed by atoms with van der Waals surface area (Å²) in [6.07, 6.45) is 3.34. The van der Waals surface area contributed by atoms with Crippen molar-refractivity contribution >= 4 is 37.4 Å².